The fourth-order valence-electron chi connectivity index (χ4n) is 4.95. The quantitative estimate of drug-likeness (QED) is 0.394. The molecular weight excluding hydrogens is 454 g/mol. The van der Waals surface area contributed by atoms with Crippen LogP contribution >= 0.6 is 0 Å². The van der Waals surface area contributed by atoms with Crippen molar-refractivity contribution < 1.29 is 19.4 Å². The van der Waals surface area contributed by atoms with Gasteiger partial charge < -0.3 is 14.6 Å². The number of nitrogens with zero attached hydrogens (tertiary/aromatic N) is 3. The number of fused-ring (bicyclic) bond motifs is 1. The molecule has 1 N–H and O–H groups in total. The Kier molecular flexibility index (Phi) is 8.28. The van der Waals surface area contributed by atoms with Crippen molar-refractivity contribution in [1.82, 2.24) is 14.8 Å². The van der Waals surface area contributed by atoms with Gasteiger partial charge in [0.05, 0.1) is 25.8 Å². The van der Waals surface area contributed by atoms with Gasteiger partial charge in [0, 0.05) is 36.8 Å². The monoisotopic (exact) mass is 491 g/mol. The van der Waals surface area contributed by atoms with Crippen molar-refractivity contribution in [2.24, 2.45) is 7.05 Å². The van der Waals surface area contributed by atoms with Crippen LogP contribution in [-0.2, 0) is 37.5 Å². The third kappa shape index (κ3) is 6.25. The lowest BCUT2D eigenvalue weighted by atomic mass is 9.87. The highest BCUT2D eigenvalue weighted by atomic mass is 16.5. The van der Waals surface area contributed by atoms with Crippen molar-refractivity contribution in [3.8, 4) is 11.6 Å². The van der Waals surface area contributed by atoms with E-state index in [0.717, 1.165) is 41.8 Å². The van der Waals surface area contributed by atoms with Crippen LogP contribution < -0.4 is 9.47 Å². The summed E-state index contributed by atoms with van der Waals surface area (Å²) in [5, 5.41) is 14.2. The first kappa shape index (κ1) is 25.7. The van der Waals surface area contributed by atoms with Crippen LogP contribution in [0.4, 0.5) is 0 Å². The number of aryl methyl sites for hydroxylation is 3. The molecule has 0 spiro atoms. The third-order valence-corrected chi connectivity index (χ3v) is 6.97. The molecule has 0 bridgehead atoms. The van der Waals surface area contributed by atoms with Gasteiger partial charge in [-0.05, 0) is 66.8 Å². The van der Waals surface area contributed by atoms with Crippen LogP contribution in [0.25, 0.3) is 0 Å². The molecule has 0 fully saturated rings. The Hall–Kier alpha value is -3.35. The van der Waals surface area contributed by atoms with Crippen molar-refractivity contribution in [1.29, 1.82) is 0 Å². The largest absolute Gasteiger partial charge is 0.496 e. The summed E-state index contributed by atoms with van der Waals surface area (Å²) in [7, 11) is 3.47. The summed E-state index contributed by atoms with van der Waals surface area (Å²) >= 11 is 0. The summed E-state index contributed by atoms with van der Waals surface area (Å²) in [6.07, 6.45) is 5.87. The maximum atomic E-state index is 11.7. The highest BCUT2D eigenvalue weighted by molar-refractivity contribution is 5.68. The van der Waals surface area contributed by atoms with Crippen molar-refractivity contribution in [2.45, 2.75) is 70.6 Å². The van der Waals surface area contributed by atoms with Gasteiger partial charge in [-0.2, -0.15) is 5.10 Å². The molecule has 36 heavy (non-hydrogen) atoms. The van der Waals surface area contributed by atoms with Crippen molar-refractivity contribution >= 4 is 5.97 Å². The predicted octanol–water partition coefficient (Wildman–Crippen LogP) is 5.25. The first-order valence-electron chi connectivity index (χ1n) is 12.9. The van der Waals surface area contributed by atoms with E-state index in [9.17, 15) is 9.90 Å². The van der Waals surface area contributed by atoms with Gasteiger partial charge in [-0.15, -0.1) is 0 Å². The number of ether oxygens (including phenoxy) is 2. The zero-order chi connectivity index (χ0) is 25.7. The van der Waals surface area contributed by atoms with E-state index < -0.39 is 5.97 Å². The number of benzene rings is 1. The lowest BCUT2D eigenvalue weighted by Gasteiger charge is -2.19. The van der Waals surface area contributed by atoms with Crippen LogP contribution in [0.1, 0.15) is 78.7 Å². The number of carbonyl (C=O) groups is 1. The van der Waals surface area contributed by atoms with E-state index in [4.69, 9.17) is 14.5 Å². The summed E-state index contributed by atoms with van der Waals surface area (Å²) < 4.78 is 13.4. The maximum absolute atomic E-state index is 11.7. The average Bonchev–Trinajstić information content (AvgIpc) is 3.21. The smallest absolute Gasteiger partial charge is 0.303 e. The number of carboxylic acid groups (broad SMARTS) is 1. The molecule has 0 amide bonds. The van der Waals surface area contributed by atoms with Crippen molar-refractivity contribution in [3.63, 3.8) is 0 Å². The van der Waals surface area contributed by atoms with Gasteiger partial charge in [0.15, 0.2) is 0 Å². The Morgan fingerprint density at radius 3 is 2.67 bits per heavy atom. The number of carboxylic acids is 1. The molecule has 1 aliphatic carbocycles. The van der Waals surface area contributed by atoms with E-state index >= 15 is 0 Å². The zero-order valence-corrected chi connectivity index (χ0v) is 21.8. The molecule has 0 saturated carbocycles. The van der Waals surface area contributed by atoms with Gasteiger partial charge >= 0.3 is 5.97 Å². The van der Waals surface area contributed by atoms with Gasteiger partial charge in [-0.1, -0.05) is 32.0 Å². The highest BCUT2D eigenvalue weighted by Gasteiger charge is 2.23. The van der Waals surface area contributed by atoms with Gasteiger partial charge in [0.2, 0.25) is 5.88 Å². The Bertz CT molecular complexity index is 1200. The van der Waals surface area contributed by atoms with Gasteiger partial charge in [0.1, 0.15) is 5.75 Å². The van der Waals surface area contributed by atoms with Gasteiger partial charge in [-0.25, -0.2) is 4.68 Å². The first-order valence-corrected chi connectivity index (χ1v) is 12.9. The second-order valence-electron chi connectivity index (χ2n) is 9.97. The lowest BCUT2D eigenvalue weighted by molar-refractivity contribution is -0.137. The second kappa shape index (κ2) is 11.6. The predicted molar refractivity (Wildman–Crippen MR) is 139 cm³/mol. The molecule has 1 aliphatic rings. The number of aromatic nitrogens is 3. The number of hydrogen-bond donors (Lipinski definition) is 1. The fraction of sp³-hybridized carbons (Fsp3) is 0.483. The van der Waals surface area contributed by atoms with Crippen LogP contribution in [0.15, 0.2) is 36.4 Å². The summed E-state index contributed by atoms with van der Waals surface area (Å²) in [5.41, 5.74) is 6.52. The van der Waals surface area contributed by atoms with Crippen LogP contribution in [0, 0.1) is 0 Å². The Labute approximate surface area is 213 Å². The maximum Gasteiger partial charge on any atom is 0.303 e. The molecule has 1 unspecified atom stereocenters. The molecule has 2 heterocycles. The summed E-state index contributed by atoms with van der Waals surface area (Å²) in [6, 6.07) is 12.3. The molecule has 192 valence electrons. The van der Waals surface area contributed by atoms with Crippen molar-refractivity contribution in [3.05, 3.63) is 70.2 Å². The molecular formula is C29H37N3O4. The molecule has 4 rings (SSSR count). The number of hydrogen-bond acceptors (Lipinski definition) is 5. The van der Waals surface area contributed by atoms with Crippen LogP contribution in [0.3, 0.4) is 0 Å². The molecule has 0 aliphatic heterocycles. The Morgan fingerprint density at radius 1 is 1.11 bits per heavy atom. The Balaban J connectivity index is 1.45. The second-order valence-corrected chi connectivity index (χ2v) is 9.97. The van der Waals surface area contributed by atoms with Crippen molar-refractivity contribution in [2.75, 3.05) is 13.7 Å². The first-order chi connectivity index (χ1) is 17.3. The van der Waals surface area contributed by atoms with E-state index in [1.165, 1.54) is 24.1 Å². The lowest BCUT2D eigenvalue weighted by Crippen LogP contribution is -2.12. The Morgan fingerprint density at radius 2 is 1.92 bits per heavy atom. The number of aliphatic carboxylic acids is 1. The number of methoxy groups -OCH3 is 1. The normalized spacial score (nSPS) is 13.9. The standard InChI is InChI=1S/C29H37N3O4/c1-19(2)21-10-12-27(35-4)25(16-21)22(17-29(33)34)15-24-18-28(32(3)31-24)36-14-13-23-11-9-20-7-5-6-8-26(20)30-23/h9-12,16,18-19,22H,5-8,13-15,17H2,1-4H3,(H,33,34). The molecule has 1 aromatic carbocycles. The molecule has 7 heteroatoms. The fourth-order valence-corrected chi connectivity index (χ4v) is 4.95. The van der Waals surface area contributed by atoms with Crippen LogP contribution in [0.5, 0.6) is 11.6 Å². The van der Waals surface area contributed by atoms with E-state index in [0.29, 0.717) is 30.6 Å². The molecule has 7 nitrogen and oxygen atoms in total. The van der Waals surface area contributed by atoms with E-state index in [1.54, 1.807) is 11.8 Å². The number of rotatable bonds is 11. The molecule has 3 aromatic rings. The average molecular weight is 492 g/mol. The van der Waals surface area contributed by atoms with E-state index in [-0.39, 0.29) is 12.3 Å². The van der Waals surface area contributed by atoms with Crippen LogP contribution in [0.2, 0.25) is 0 Å². The third-order valence-electron chi connectivity index (χ3n) is 6.97. The molecule has 2 aromatic heterocycles. The topological polar surface area (TPSA) is 86.5 Å². The summed E-state index contributed by atoms with van der Waals surface area (Å²) in [4.78, 5) is 16.6. The minimum atomic E-state index is -0.845. The number of pyridine rings is 1. The van der Waals surface area contributed by atoms with E-state index in [1.807, 2.05) is 25.2 Å². The van der Waals surface area contributed by atoms with Crippen LogP contribution in [-0.4, -0.2) is 39.6 Å². The molecule has 1 atom stereocenters. The van der Waals surface area contributed by atoms with E-state index in [2.05, 4.69) is 37.1 Å². The zero-order valence-electron chi connectivity index (χ0n) is 21.8. The highest BCUT2D eigenvalue weighted by Crippen LogP contribution is 2.34. The SMILES string of the molecule is COc1ccc(C(C)C)cc1C(CC(=O)O)Cc1cc(OCCc2ccc3c(n2)CCCC3)n(C)n1. The molecule has 0 saturated heterocycles. The summed E-state index contributed by atoms with van der Waals surface area (Å²) in [6.45, 7) is 4.76. The minimum absolute atomic E-state index is 0.00529. The summed E-state index contributed by atoms with van der Waals surface area (Å²) in [5.74, 6) is 0.593. The minimum Gasteiger partial charge on any atom is -0.496 e. The van der Waals surface area contributed by atoms with Gasteiger partial charge in [0.25, 0.3) is 0 Å². The molecule has 0 radical (unpaired) electrons. The van der Waals surface area contributed by atoms with Gasteiger partial charge in [-0.3, -0.25) is 9.78 Å².